The molecule has 6 nitrogen and oxygen atoms in total. The third kappa shape index (κ3) is 1.38. The summed E-state index contributed by atoms with van der Waals surface area (Å²) < 4.78 is 1.60. The summed E-state index contributed by atoms with van der Waals surface area (Å²) >= 11 is 0. The quantitative estimate of drug-likeness (QED) is 0.647. The van der Waals surface area contributed by atoms with Crippen LogP contribution in [-0.2, 0) is 5.54 Å². The van der Waals surface area contributed by atoms with Crippen LogP contribution in [-0.4, -0.2) is 19.7 Å². The van der Waals surface area contributed by atoms with Crippen molar-refractivity contribution in [1.82, 2.24) is 19.7 Å². The van der Waals surface area contributed by atoms with Crippen LogP contribution >= 0.6 is 0 Å². The average molecular weight is 208 g/mol. The van der Waals surface area contributed by atoms with Gasteiger partial charge in [-0.3, -0.25) is 19.4 Å². The Balaban J connectivity index is 2.99. The van der Waals surface area contributed by atoms with Crippen molar-refractivity contribution in [3.05, 3.63) is 27.0 Å². The van der Waals surface area contributed by atoms with Gasteiger partial charge < -0.3 is 4.98 Å². The van der Waals surface area contributed by atoms with E-state index < -0.39 is 11.1 Å². The number of fused-ring (bicyclic) bond motifs is 1. The van der Waals surface area contributed by atoms with Crippen molar-refractivity contribution in [2.45, 2.75) is 26.3 Å². The van der Waals surface area contributed by atoms with Gasteiger partial charge in [-0.25, -0.2) is 4.98 Å². The van der Waals surface area contributed by atoms with Crippen LogP contribution in [0.25, 0.3) is 11.0 Å². The summed E-state index contributed by atoms with van der Waals surface area (Å²) in [6.07, 6.45) is 1.29. The van der Waals surface area contributed by atoms with Crippen molar-refractivity contribution in [2.24, 2.45) is 0 Å². The van der Waals surface area contributed by atoms with Gasteiger partial charge in [0.05, 0.1) is 11.9 Å². The fraction of sp³-hybridized carbons (Fsp3) is 0.444. The Bertz CT molecular complexity index is 611. The monoisotopic (exact) mass is 208 g/mol. The maximum atomic E-state index is 11.5. The van der Waals surface area contributed by atoms with Gasteiger partial charge in [0.15, 0.2) is 11.0 Å². The SMILES string of the molecule is CC(C)(C)n1[nH]c(=O)c2c(=O)[nH]cnc21. The zero-order chi connectivity index (χ0) is 11.2. The highest BCUT2D eigenvalue weighted by Gasteiger charge is 2.20. The maximum absolute atomic E-state index is 11.5. The fourth-order valence-corrected chi connectivity index (χ4v) is 1.46. The van der Waals surface area contributed by atoms with E-state index >= 15 is 0 Å². The van der Waals surface area contributed by atoms with Crippen LogP contribution in [0.4, 0.5) is 0 Å². The molecule has 2 aromatic heterocycles. The van der Waals surface area contributed by atoms with Crippen LogP contribution in [0.1, 0.15) is 20.8 Å². The first-order valence-electron chi connectivity index (χ1n) is 4.60. The number of hydrogen-bond donors (Lipinski definition) is 2. The number of aromatic amines is 2. The molecule has 2 N–H and O–H groups in total. The van der Waals surface area contributed by atoms with Crippen molar-refractivity contribution in [3.63, 3.8) is 0 Å². The van der Waals surface area contributed by atoms with Crippen LogP contribution in [0.15, 0.2) is 15.9 Å². The van der Waals surface area contributed by atoms with Crippen molar-refractivity contribution in [1.29, 1.82) is 0 Å². The predicted molar refractivity (Wildman–Crippen MR) is 56.0 cm³/mol. The van der Waals surface area contributed by atoms with Crippen LogP contribution in [0, 0.1) is 0 Å². The predicted octanol–water partition coefficient (Wildman–Crippen LogP) is 0.168. The highest BCUT2D eigenvalue weighted by atomic mass is 16.1. The molecule has 0 aliphatic rings. The van der Waals surface area contributed by atoms with Crippen molar-refractivity contribution in [2.75, 3.05) is 0 Å². The Hall–Kier alpha value is -1.85. The number of H-pyrrole nitrogens is 2. The number of nitrogens with one attached hydrogen (secondary N) is 2. The number of aromatic nitrogens is 4. The van der Waals surface area contributed by atoms with Gasteiger partial charge in [-0.1, -0.05) is 0 Å². The lowest BCUT2D eigenvalue weighted by molar-refractivity contribution is 0.363. The minimum atomic E-state index is -0.413. The highest BCUT2D eigenvalue weighted by Crippen LogP contribution is 2.14. The van der Waals surface area contributed by atoms with Gasteiger partial charge in [0.1, 0.15) is 0 Å². The lowest BCUT2D eigenvalue weighted by atomic mass is 10.1. The Kier molecular flexibility index (Phi) is 1.82. The summed E-state index contributed by atoms with van der Waals surface area (Å²) in [6, 6.07) is 0. The van der Waals surface area contributed by atoms with Gasteiger partial charge in [-0.05, 0) is 20.8 Å². The van der Waals surface area contributed by atoms with Gasteiger partial charge in [-0.15, -0.1) is 0 Å². The van der Waals surface area contributed by atoms with E-state index in [-0.39, 0.29) is 10.9 Å². The zero-order valence-electron chi connectivity index (χ0n) is 8.79. The number of nitrogens with zero attached hydrogens (tertiary/aromatic N) is 2. The summed E-state index contributed by atoms with van der Waals surface area (Å²) in [5, 5.41) is 2.69. The number of rotatable bonds is 0. The normalized spacial score (nSPS) is 12.2. The molecule has 2 rings (SSSR count). The second-order valence-electron chi connectivity index (χ2n) is 4.38. The lowest BCUT2D eigenvalue weighted by Crippen LogP contribution is -2.24. The third-order valence-electron chi connectivity index (χ3n) is 2.16. The Morgan fingerprint density at radius 2 is 1.93 bits per heavy atom. The van der Waals surface area contributed by atoms with E-state index in [2.05, 4.69) is 15.1 Å². The molecule has 2 heterocycles. The van der Waals surface area contributed by atoms with E-state index in [1.807, 2.05) is 20.8 Å². The summed E-state index contributed by atoms with van der Waals surface area (Å²) in [5.41, 5.74) is -0.753. The molecular weight excluding hydrogens is 196 g/mol. The van der Waals surface area contributed by atoms with E-state index in [1.165, 1.54) is 6.33 Å². The second kappa shape index (κ2) is 2.82. The van der Waals surface area contributed by atoms with Crippen LogP contribution in [0.5, 0.6) is 0 Å². The van der Waals surface area contributed by atoms with Crippen LogP contribution < -0.4 is 11.1 Å². The summed E-state index contributed by atoms with van der Waals surface area (Å²) in [7, 11) is 0. The first-order valence-corrected chi connectivity index (χ1v) is 4.60. The first-order chi connectivity index (χ1) is 6.91. The molecule has 0 saturated carbocycles. The standard InChI is InChI=1S/C9H12N4O2/c1-9(2,3)13-6-5(8(15)12-13)7(14)11-4-10-6/h4H,1-3H3,(H,12,15)(H,10,11,14). The molecule has 2 aromatic rings. The molecule has 15 heavy (non-hydrogen) atoms. The van der Waals surface area contributed by atoms with E-state index in [0.29, 0.717) is 5.65 Å². The smallest absolute Gasteiger partial charge is 0.279 e. The van der Waals surface area contributed by atoms with E-state index in [1.54, 1.807) is 4.68 Å². The zero-order valence-corrected chi connectivity index (χ0v) is 8.79. The van der Waals surface area contributed by atoms with Crippen molar-refractivity contribution in [3.8, 4) is 0 Å². The molecule has 0 saturated heterocycles. The minimum absolute atomic E-state index is 0.0763. The van der Waals surface area contributed by atoms with Crippen molar-refractivity contribution < 1.29 is 0 Å². The van der Waals surface area contributed by atoms with Crippen molar-refractivity contribution >= 4 is 11.0 Å². The van der Waals surface area contributed by atoms with E-state index in [9.17, 15) is 9.59 Å². The fourth-order valence-electron chi connectivity index (χ4n) is 1.46. The molecule has 0 unspecified atom stereocenters. The molecule has 0 spiro atoms. The largest absolute Gasteiger partial charge is 0.312 e. The molecule has 0 fully saturated rings. The average Bonchev–Trinajstić information content (AvgIpc) is 2.44. The molecule has 0 radical (unpaired) electrons. The van der Waals surface area contributed by atoms with Gasteiger partial charge in [0, 0.05) is 0 Å². The Labute approximate surface area is 84.9 Å². The molecule has 0 aromatic carbocycles. The second-order valence-corrected chi connectivity index (χ2v) is 4.38. The molecule has 0 aliphatic carbocycles. The Morgan fingerprint density at radius 3 is 2.53 bits per heavy atom. The maximum Gasteiger partial charge on any atom is 0.279 e. The molecule has 0 atom stereocenters. The summed E-state index contributed by atoms with van der Waals surface area (Å²) in [5.74, 6) is 0. The van der Waals surface area contributed by atoms with Gasteiger partial charge in [0.25, 0.3) is 11.1 Å². The van der Waals surface area contributed by atoms with E-state index in [0.717, 1.165) is 0 Å². The molecule has 80 valence electrons. The molecule has 0 amide bonds. The Morgan fingerprint density at radius 1 is 1.27 bits per heavy atom. The first kappa shape index (κ1) is 9.70. The molecule has 0 aliphatic heterocycles. The van der Waals surface area contributed by atoms with Gasteiger partial charge in [0.2, 0.25) is 0 Å². The lowest BCUT2D eigenvalue weighted by Gasteiger charge is -2.20. The van der Waals surface area contributed by atoms with E-state index in [4.69, 9.17) is 0 Å². The summed E-state index contributed by atoms with van der Waals surface area (Å²) in [4.78, 5) is 29.3. The molecular formula is C9H12N4O2. The third-order valence-corrected chi connectivity index (χ3v) is 2.16. The molecule has 0 bridgehead atoms. The van der Waals surface area contributed by atoms with Crippen LogP contribution in [0.3, 0.4) is 0 Å². The van der Waals surface area contributed by atoms with Crippen LogP contribution in [0.2, 0.25) is 0 Å². The van der Waals surface area contributed by atoms with Gasteiger partial charge >= 0.3 is 0 Å². The van der Waals surface area contributed by atoms with Gasteiger partial charge in [-0.2, -0.15) is 0 Å². The molecule has 6 heteroatoms. The number of hydrogen-bond acceptors (Lipinski definition) is 3. The minimum Gasteiger partial charge on any atom is -0.312 e. The highest BCUT2D eigenvalue weighted by molar-refractivity contribution is 5.72. The summed E-state index contributed by atoms with van der Waals surface area (Å²) in [6.45, 7) is 5.77. The topological polar surface area (TPSA) is 83.5 Å².